The van der Waals surface area contributed by atoms with Crippen LogP contribution in [0.15, 0.2) is 54.7 Å². The van der Waals surface area contributed by atoms with Gasteiger partial charge >= 0.3 is 5.97 Å². The van der Waals surface area contributed by atoms with Gasteiger partial charge in [0.05, 0.1) is 11.7 Å². The number of nitrogens with zero attached hydrogens (tertiary/aromatic N) is 2. The molecule has 0 saturated carbocycles. The van der Waals surface area contributed by atoms with Gasteiger partial charge in [0.2, 0.25) is 0 Å². The predicted molar refractivity (Wildman–Crippen MR) is 95.3 cm³/mol. The third-order valence-corrected chi connectivity index (χ3v) is 5.76. The highest BCUT2D eigenvalue weighted by Gasteiger charge is 2.38. The number of carboxylic acids is 1. The van der Waals surface area contributed by atoms with Crippen molar-refractivity contribution in [3.8, 4) is 0 Å². The molecule has 1 N–H and O–H groups in total. The second-order valence-electron chi connectivity index (χ2n) is 6.08. The SMILES string of the molecule is O=C(O)C1CCCN1C(c1ccccn1)c1cc2ccccc2s1. The van der Waals surface area contributed by atoms with Gasteiger partial charge in [-0.3, -0.25) is 14.7 Å². The van der Waals surface area contributed by atoms with Gasteiger partial charge in [-0.25, -0.2) is 0 Å². The summed E-state index contributed by atoms with van der Waals surface area (Å²) in [5.74, 6) is -0.741. The van der Waals surface area contributed by atoms with Crippen LogP contribution in [0.5, 0.6) is 0 Å². The van der Waals surface area contributed by atoms with Gasteiger partial charge in [-0.1, -0.05) is 24.3 Å². The Morgan fingerprint density at radius 3 is 2.83 bits per heavy atom. The first-order chi connectivity index (χ1) is 11.7. The number of benzene rings is 1. The van der Waals surface area contributed by atoms with Gasteiger partial charge < -0.3 is 5.11 Å². The van der Waals surface area contributed by atoms with Gasteiger partial charge in [0.15, 0.2) is 0 Å². The van der Waals surface area contributed by atoms with Crippen molar-refractivity contribution in [1.29, 1.82) is 0 Å². The van der Waals surface area contributed by atoms with E-state index in [4.69, 9.17) is 0 Å². The van der Waals surface area contributed by atoms with Crippen molar-refractivity contribution in [3.05, 3.63) is 65.3 Å². The Morgan fingerprint density at radius 1 is 1.25 bits per heavy atom. The van der Waals surface area contributed by atoms with Crippen molar-refractivity contribution in [2.45, 2.75) is 24.9 Å². The van der Waals surface area contributed by atoms with Crippen LogP contribution in [0.4, 0.5) is 0 Å². The monoisotopic (exact) mass is 338 g/mol. The third kappa shape index (κ3) is 2.70. The Kier molecular flexibility index (Phi) is 4.04. The summed E-state index contributed by atoms with van der Waals surface area (Å²) < 4.78 is 1.22. The Hall–Kier alpha value is -2.24. The average molecular weight is 338 g/mol. The molecule has 24 heavy (non-hydrogen) atoms. The van der Waals surface area contributed by atoms with E-state index in [0.717, 1.165) is 23.5 Å². The van der Waals surface area contributed by atoms with Crippen LogP contribution < -0.4 is 0 Å². The van der Waals surface area contributed by atoms with Crippen molar-refractivity contribution < 1.29 is 9.90 Å². The molecule has 0 aliphatic carbocycles. The van der Waals surface area contributed by atoms with E-state index < -0.39 is 12.0 Å². The van der Waals surface area contributed by atoms with E-state index in [9.17, 15) is 9.90 Å². The fourth-order valence-corrected chi connectivity index (χ4v) is 4.72. The second kappa shape index (κ2) is 6.34. The Morgan fingerprint density at radius 2 is 2.08 bits per heavy atom. The molecule has 1 fully saturated rings. The molecule has 3 heterocycles. The van der Waals surface area contributed by atoms with E-state index in [0.29, 0.717) is 6.42 Å². The van der Waals surface area contributed by atoms with Gasteiger partial charge in [-0.05, 0) is 42.5 Å². The lowest BCUT2D eigenvalue weighted by molar-refractivity contribution is -0.142. The van der Waals surface area contributed by atoms with E-state index in [1.54, 1.807) is 17.5 Å². The summed E-state index contributed by atoms with van der Waals surface area (Å²) in [6.07, 6.45) is 3.39. The summed E-state index contributed by atoms with van der Waals surface area (Å²) in [5.41, 5.74) is 0.914. The Balaban J connectivity index is 1.83. The highest BCUT2D eigenvalue weighted by atomic mass is 32.1. The molecule has 3 aromatic rings. The fraction of sp³-hybridized carbons (Fsp3) is 0.263. The molecule has 0 bridgehead atoms. The van der Waals surface area contributed by atoms with E-state index >= 15 is 0 Å². The minimum absolute atomic E-state index is 0.104. The number of pyridine rings is 1. The van der Waals surface area contributed by atoms with Crippen LogP contribution in [0.1, 0.15) is 29.5 Å². The van der Waals surface area contributed by atoms with E-state index in [-0.39, 0.29) is 6.04 Å². The molecule has 2 unspecified atom stereocenters. The zero-order valence-corrected chi connectivity index (χ0v) is 13.9. The number of rotatable bonds is 4. The molecule has 2 atom stereocenters. The summed E-state index contributed by atoms with van der Waals surface area (Å²) >= 11 is 1.73. The summed E-state index contributed by atoms with van der Waals surface area (Å²) in [4.78, 5) is 19.5. The van der Waals surface area contributed by atoms with Crippen LogP contribution in [-0.4, -0.2) is 33.5 Å². The standard InChI is InChI=1S/C19H18N2O2S/c22-19(23)15-8-5-11-21(15)18(14-7-3-4-10-20-14)17-12-13-6-1-2-9-16(13)24-17/h1-4,6-7,9-10,12,15,18H,5,8,11H2,(H,22,23). The number of carboxylic acid groups (broad SMARTS) is 1. The molecule has 0 spiro atoms. The van der Waals surface area contributed by atoms with Crippen molar-refractivity contribution in [1.82, 2.24) is 9.88 Å². The second-order valence-corrected chi connectivity index (χ2v) is 7.19. The number of hydrogen-bond acceptors (Lipinski definition) is 4. The molecule has 2 aromatic heterocycles. The van der Waals surface area contributed by atoms with E-state index in [1.165, 1.54) is 10.1 Å². The molecular weight excluding hydrogens is 320 g/mol. The van der Waals surface area contributed by atoms with Gasteiger partial charge in [-0.15, -0.1) is 11.3 Å². The number of hydrogen-bond donors (Lipinski definition) is 1. The summed E-state index contributed by atoms with van der Waals surface area (Å²) in [6.45, 7) is 0.784. The minimum Gasteiger partial charge on any atom is -0.480 e. The molecule has 1 aromatic carbocycles. The van der Waals surface area contributed by atoms with Crippen LogP contribution in [-0.2, 0) is 4.79 Å². The van der Waals surface area contributed by atoms with E-state index in [1.807, 2.05) is 30.3 Å². The molecule has 4 nitrogen and oxygen atoms in total. The van der Waals surface area contributed by atoms with E-state index in [2.05, 4.69) is 28.1 Å². The molecule has 1 saturated heterocycles. The smallest absolute Gasteiger partial charge is 0.320 e. The number of thiophene rings is 1. The minimum atomic E-state index is -0.741. The van der Waals surface area contributed by atoms with Gasteiger partial charge in [0, 0.05) is 22.3 Å². The van der Waals surface area contributed by atoms with Crippen molar-refractivity contribution >= 4 is 27.4 Å². The maximum atomic E-state index is 11.7. The molecule has 4 rings (SSSR count). The first-order valence-corrected chi connectivity index (χ1v) is 8.93. The molecule has 122 valence electrons. The van der Waals surface area contributed by atoms with Crippen LogP contribution in [0.2, 0.25) is 0 Å². The number of aliphatic carboxylic acids is 1. The fourth-order valence-electron chi connectivity index (χ4n) is 3.52. The normalized spacial score (nSPS) is 19.6. The van der Waals surface area contributed by atoms with Gasteiger partial charge in [0.25, 0.3) is 0 Å². The average Bonchev–Trinajstić information content (AvgIpc) is 3.23. The van der Waals surface area contributed by atoms with Gasteiger partial charge in [0.1, 0.15) is 6.04 Å². The number of likely N-dealkylation sites (tertiary alicyclic amines) is 1. The van der Waals surface area contributed by atoms with Crippen molar-refractivity contribution in [2.75, 3.05) is 6.54 Å². The zero-order valence-electron chi connectivity index (χ0n) is 13.1. The topological polar surface area (TPSA) is 53.4 Å². The summed E-state index contributed by atoms with van der Waals surface area (Å²) in [6, 6.07) is 15.8. The van der Waals surface area contributed by atoms with Crippen LogP contribution in [0, 0.1) is 0 Å². The lowest BCUT2D eigenvalue weighted by Gasteiger charge is -2.30. The van der Waals surface area contributed by atoms with Crippen LogP contribution >= 0.6 is 11.3 Å². The molecule has 5 heteroatoms. The largest absolute Gasteiger partial charge is 0.480 e. The molecule has 1 aliphatic rings. The van der Waals surface area contributed by atoms with Crippen molar-refractivity contribution in [2.24, 2.45) is 0 Å². The first-order valence-electron chi connectivity index (χ1n) is 8.12. The highest BCUT2D eigenvalue weighted by molar-refractivity contribution is 7.19. The molecule has 0 amide bonds. The van der Waals surface area contributed by atoms with Crippen LogP contribution in [0.3, 0.4) is 0 Å². The number of fused-ring (bicyclic) bond motifs is 1. The maximum Gasteiger partial charge on any atom is 0.320 e. The lowest BCUT2D eigenvalue weighted by atomic mass is 10.1. The maximum absolute atomic E-state index is 11.7. The quantitative estimate of drug-likeness (QED) is 0.783. The lowest BCUT2D eigenvalue weighted by Crippen LogP contribution is -2.39. The summed E-state index contributed by atoms with van der Waals surface area (Å²) in [5, 5.41) is 10.8. The molecule has 1 aliphatic heterocycles. The van der Waals surface area contributed by atoms with Crippen LogP contribution in [0.25, 0.3) is 10.1 Å². The molecular formula is C19H18N2O2S. The van der Waals surface area contributed by atoms with Gasteiger partial charge in [-0.2, -0.15) is 0 Å². The first kappa shape index (κ1) is 15.3. The molecule has 0 radical (unpaired) electrons. The van der Waals surface area contributed by atoms with Crippen molar-refractivity contribution in [3.63, 3.8) is 0 Å². The zero-order chi connectivity index (χ0) is 16.5. The predicted octanol–water partition coefficient (Wildman–Crippen LogP) is 3.93. The number of aromatic nitrogens is 1. The Bertz CT molecular complexity index is 829. The Labute approximate surface area is 144 Å². The third-order valence-electron chi connectivity index (χ3n) is 4.59. The number of carbonyl (C=O) groups is 1. The summed E-state index contributed by atoms with van der Waals surface area (Å²) in [7, 11) is 0. The highest BCUT2D eigenvalue weighted by Crippen LogP contribution is 2.39.